The maximum atomic E-state index is 12.6. The van der Waals surface area contributed by atoms with E-state index in [2.05, 4.69) is 34.0 Å². The van der Waals surface area contributed by atoms with Crippen molar-refractivity contribution in [1.82, 2.24) is 14.1 Å². The van der Waals surface area contributed by atoms with Gasteiger partial charge in [0.2, 0.25) is 0 Å². The molecule has 6 heteroatoms. The molecule has 0 saturated carbocycles. The Morgan fingerprint density at radius 1 is 1.38 bits per heavy atom. The SMILES string of the molecule is Cc1cc(C(=O)CSc2nccn2C)c(C)n1CCc1cccs1. The zero-order chi connectivity index (χ0) is 17.1. The molecule has 0 amide bonds. The van der Waals surface area contributed by atoms with Crippen LogP contribution in [0.25, 0.3) is 0 Å². The highest BCUT2D eigenvalue weighted by Crippen LogP contribution is 2.21. The Morgan fingerprint density at radius 2 is 2.21 bits per heavy atom. The van der Waals surface area contributed by atoms with Gasteiger partial charge in [0.25, 0.3) is 0 Å². The van der Waals surface area contributed by atoms with E-state index >= 15 is 0 Å². The van der Waals surface area contributed by atoms with E-state index in [1.165, 1.54) is 16.6 Å². The number of rotatable bonds is 7. The van der Waals surface area contributed by atoms with E-state index in [0.29, 0.717) is 5.75 Å². The number of imidazole rings is 1. The number of carbonyl (C=O) groups is 1. The number of carbonyl (C=O) groups excluding carboxylic acids is 1. The first-order valence-electron chi connectivity index (χ1n) is 7.88. The Bertz CT molecular complexity index is 831. The minimum absolute atomic E-state index is 0.165. The third-order valence-corrected chi connectivity index (χ3v) is 6.14. The van der Waals surface area contributed by atoms with Crippen molar-refractivity contribution in [1.29, 1.82) is 0 Å². The zero-order valence-corrected chi connectivity index (χ0v) is 15.8. The van der Waals surface area contributed by atoms with Crippen LogP contribution in [-0.2, 0) is 20.0 Å². The molecule has 0 aliphatic rings. The quantitative estimate of drug-likeness (QED) is 0.471. The Balaban J connectivity index is 1.68. The van der Waals surface area contributed by atoms with Gasteiger partial charge in [-0.25, -0.2) is 4.98 Å². The summed E-state index contributed by atoms with van der Waals surface area (Å²) in [6, 6.07) is 6.26. The lowest BCUT2D eigenvalue weighted by Crippen LogP contribution is -2.08. The molecular formula is C18H21N3OS2. The third-order valence-electron chi connectivity index (χ3n) is 4.15. The first kappa shape index (κ1) is 17.0. The molecule has 3 aromatic heterocycles. The second-order valence-corrected chi connectivity index (χ2v) is 7.77. The molecule has 0 spiro atoms. The van der Waals surface area contributed by atoms with E-state index in [0.717, 1.165) is 35.1 Å². The number of Topliss-reactive ketones (excluding diaryl/α,β-unsaturated/α-hetero) is 1. The van der Waals surface area contributed by atoms with Crippen LogP contribution < -0.4 is 0 Å². The van der Waals surface area contributed by atoms with Crippen molar-refractivity contribution < 1.29 is 4.79 Å². The second kappa shape index (κ2) is 7.40. The summed E-state index contributed by atoms with van der Waals surface area (Å²) in [4.78, 5) is 18.2. The maximum absolute atomic E-state index is 12.6. The Labute approximate surface area is 150 Å². The number of thiophene rings is 1. The highest BCUT2D eigenvalue weighted by molar-refractivity contribution is 7.99. The predicted molar refractivity (Wildman–Crippen MR) is 100 cm³/mol. The van der Waals surface area contributed by atoms with E-state index < -0.39 is 0 Å². The molecule has 0 unspecified atom stereocenters. The Kier molecular flexibility index (Phi) is 5.26. The van der Waals surface area contributed by atoms with Gasteiger partial charge in [0.1, 0.15) is 0 Å². The topological polar surface area (TPSA) is 39.8 Å². The Morgan fingerprint density at radius 3 is 2.88 bits per heavy atom. The van der Waals surface area contributed by atoms with Crippen LogP contribution in [0.3, 0.4) is 0 Å². The number of ketones is 1. The molecule has 0 radical (unpaired) electrons. The van der Waals surface area contributed by atoms with Gasteiger partial charge in [0, 0.05) is 47.8 Å². The molecule has 0 fully saturated rings. The molecule has 0 aliphatic heterocycles. The van der Waals surface area contributed by atoms with Crippen LogP contribution in [0.5, 0.6) is 0 Å². The minimum atomic E-state index is 0.165. The smallest absolute Gasteiger partial charge is 0.175 e. The van der Waals surface area contributed by atoms with Gasteiger partial charge in [0.15, 0.2) is 10.9 Å². The largest absolute Gasteiger partial charge is 0.348 e. The van der Waals surface area contributed by atoms with E-state index in [9.17, 15) is 4.79 Å². The van der Waals surface area contributed by atoms with Gasteiger partial charge < -0.3 is 9.13 Å². The van der Waals surface area contributed by atoms with Crippen molar-refractivity contribution in [3.63, 3.8) is 0 Å². The molecule has 24 heavy (non-hydrogen) atoms. The molecule has 126 valence electrons. The first-order valence-corrected chi connectivity index (χ1v) is 9.75. The molecular weight excluding hydrogens is 338 g/mol. The molecule has 0 atom stereocenters. The van der Waals surface area contributed by atoms with Gasteiger partial charge in [-0.1, -0.05) is 17.8 Å². The predicted octanol–water partition coefficient (Wildman–Crippen LogP) is 4.12. The molecule has 0 saturated heterocycles. The fourth-order valence-corrected chi connectivity index (χ4v) is 4.32. The molecule has 3 aromatic rings. The molecule has 3 rings (SSSR count). The van der Waals surface area contributed by atoms with Crippen LogP contribution in [0.4, 0.5) is 0 Å². The van der Waals surface area contributed by atoms with Crippen LogP contribution in [-0.4, -0.2) is 25.7 Å². The zero-order valence-electron chi connectivity index (χ0n) is 14.2. The minimum Gasteiger partial charge on any atom is -0.348 e. The summed E-state index contributed by atoms with van der Waals surface area (Å²) in [5, 5.41) is 2.98. The average molecular weight is 360 g/mol. The van der Waals surface area contributed by atoms with Gasteiger partial charge in [0.05, 0.1) is 5.75 Å². The third kappa shape index (κ3) is 3.65. The normalized spacial score (nSPS) is 11.1. The summed E-state index contributed by atoms with van der Waals surface area (Å²) in [7, 11) is 1.94. The number of aromatic nitrogens is 3. The highest BCUT2D eigenvalue weighted by atomic mass is 32.2. The molecule has 0 N–H and O–H groups in total. The molecule has 0 aliphatic carbocycles. The standard InChI is InChI=1S/C18H21N3OS2/c1-13-11-16(17(22)12-24-18-19-7-9-20(18)3)14(2)21(13)8-6-15-5-4-10-23-15/h4-5,7,9-11H,6,8,12H2,1-3H3. The summed E-state index contributed by atoms with van der Waals surface area (Å²) in [5.74, 6) is 0.582. The molecule has 0 bridgehead atoms. The van der Waals surface area contributed by atoms with E-state index in [4.69, 9.17) is 0 Å². The summed E-state index contributed by atoms with van der Waals surface area (Å²) < 4.78 is 4.18. The molecule has 0 aromatic carbocycles. The van der Waals surface area contributed by atoms with Crippen molar-refractivity contribution in [3.8, 4) is 0 Å². The maximum Gasteiger partial charge on any atom is 0.175 e. The number of thioether (sulfide) groups is 1. The van der Waals surface area contributed by atoms with Gasteiger partial charge in [-0.2, -0.15) is 0 Å². The van der Waals surface area contributed by atoms with Crippen LogP contribution >= 0.6 is 23.1 Å². The van der Waals surface area contributed by atoms with Crippen molar-refractivity contribution in [3.05, 3.63) is 57.8 Å². The van der Waals surface area contributed by atoms with Crippen molar-refractivity contribution >= 4 is 28.9 Å². The van der Waals surface area contributed by atoms with Gasteiger partial charge in [-0.05, 0) is 37.8 Å². The van der Waals surface area contributed by atoms with Crippen LogP contribution in [0.2, 0.25) is 0 Å². The lowest BCUT2D eigenvalue weighted by atomic mass is 10.2. The lowest BCUT2D eigenvalue weighted by molar-refractivity contribution is 0.102. The van der Waals surface area contributed by atoms with Crippen LogP contribution in [0.15, 0.2) is 41.1 Å². The summed E-state index contributed by atoms with van der Waals surface area (Å²) in [5.41, 5.74) is 3.05. The average Bonchev–Trinajstić information content (AvgIpc) is 3.26. The summed E-state index contributed by atoms with van der Waals surface area (Å²) >= 11 is 3.27. The van der Waals surface area contributed by atoms with E-state index in [1.54, 1.807) is 17.5 Å². The first-order chi connectivity index (χ1) is 11.6. The van der Waals surface area contributed by atoms with Crippen LogP contribution in [0, 0.1) is 13.8 Å². The van der Waals surface area contributed by atoms with Gasteiger partial charge in [-0.15, -0.1) is 11.3 Å². The van der Waals surface area contributed by atoms with Crippen molar-refractivity contribution in [2.45, 2.75) is 32.0 Å². The van der Waals surface area contributed by atoms with E-state index in [1.807, 2.05) is 30.8 Å². The monoisotopic (exact) mass is 359 g/mol. The fourth-order valence-electron chi connectivity index (χ4n) is 2.80. The van der Waals surface area contributed by atoms with Crippen molar-refractivity contribution in [2.24, 2.45) is 7.05 Å². The van der Waals surface area contributed by atoms with Crippen LogP contribution in [0.1, 0.15) is 26.6 Å². The number of hydrogen-bond acceptors (Lipinski definition) is 4. The number of hydrogen-bond donors (Lipinski definition) is 0. The number of aryl methyl sites for hydroxylation is 3. The van der Waals surface area contributed by atoms with E-state index in [-0.39, 0.29) is 5.78 Å². The highest BCUT2D eigenvalue weighted by Gasteiger charge is 2.16. The van der Waals surface area contributed by atoms with Gasteiger partial charge >= 0.3 is 0 Å². The fraction of sp³-hybridized carbons (Fsp3) is 0.333. The second-order valence-electron chi connectivity index (χ2n) is 5.80. The van der Waals surface area contributed by atoms with Gasteiger partial charge in [-0.3, -0.25) is 4.79 Å². The summed E-state index contributed by atoms with van der Waals surface area (Å²) in [6.07, 6.45) is 4.65. The van der Waals surface area contributed by atoms with Crippen molar-refractivity contribution in [2.75, 3.05) is 5.75 Å². The number of nitrogens with zero attached hydrogens (tertiary/aromatic N) is 3. The Hall–Kier alpha value is -1.79. The molecule has 3 heterocycles. The lowest BCUT2D eigenvalue weighted by Gasteiger charge is -2.09. The summed E-state index contributed by atoms with van der Waals surface area (Å²) in [6.45, 7) is 5.03. The molecule has 4 nitrogen and oxygen atoms in total.